The molecule has 28 heavy (non-hydrogen) atoms. The summed E-state index contributed by atoms with van der Waals surface area (Å²) in [5.41, 5.74) is 2.63. The van der Waals surface area contributed by atoms with Crippen LogP contribution in [0, 0.1) is 10.1 Å². The number of rotatable bonds is 7. The third kappa shape index (κ3) is 5.38. The fourth-order valence-electron chi connectivity index (χ4n) is 2.51. The van der Waals surface area contributed by atoms with Gasteiger partial charge in [-0.3, -0.25) is 10.1 Å². The molecule has 0 heterocycles. The van der Waals surface area contributed by atoms with E-state index in [2.05, 4.69) is 21.2 Å². The lowest BCUT2D eigenvalue weighted by molar-refractivity contribution is -0.384. The Morgan fingerprint density at radius 1 is 1.04 bits per heavy atom. The van der Waals surface area contributed by atoms with Crippen molar-refractivity contribution in [3.63, 3.8) is 0 Å². The molecule has 0 aliphatic heterocycles. The summed E-state index contributed by atoms with van der Waals surface area (Å²) in [6.45, 7) is 0.783. The van der Waals surface area contributed by atoms with Crippen LogP contribution < -0.4 is 10.1 Å². The highest BCUT2D eigenvalue weighted by atomic mass is 79.9. The number of hydrogen-bond donors (Lipinski definition) is 1. The van der Waals surface area contributed by atoms with Crippen molar-refractivity contribution in [3.8, 4) is 5.75 Å². The van der Waals surface area contributed by atoms with Crippen molar-refractivity contribution in [3.05, 3.63) is 96.4 Å². The quantitative estimate of drug-likeness (QED) is 0.296. The van der Waals surface area contributed by atoms with Crippen molar-refractivity contribution in [1.82, 2.24) is 0 Å². The SMILES string of the molecule is O=[N+]([O-])c1ccc(COc2ccc(Cl)cc2CNc2ccc(Br)c(Cl)c2)cc1. The lowest BCUT2D eigenvalue weighted by atomic mass is 10.2. The first-order chi connectivity index (χ1) is 13.4. The minimum Gasteiger partial charge on any atom is -0.489 e. The van der Waals surface area contributed by atoms with E-state index in [1.165, 1.54) is 12.1 Å². The van der Waals surface area contributed by atoms with Gasteiger partial charge in [-0.1, -0.05) is 23.2 Å². The third-order valence-corrected chi connectivity index (χ3v) is 5.43. The van der Waals surface area contributed by atoms with E-state index in [0.29, 0.717) is 22.3 Å². The molecule has 3 aromatic rings. The van der Waals surface area contributed by atoms with Crippen LogP contribution >= 0.6 is 39.1 Å². The summed E-state index contributed by atoms with van der Waals surface area (Å²) >= 11 is 15.6. The molecule has 0 amide bonds. The fraction of sp³-hybridized carbons (Fsp3) is 0.100. The van der Waals surface area contributed by atoms with Crippen molar-refractivity contribution in [1.29, 1.82) is 0 Å². The fourth-order valence-corrected chi connectivity index (χ4v) is 3.13. The molecule has 0 saturated carbocycles. The van der Waals surface area contributed by atoms with Crippen molar-refractivity contribution in [2.75, 3.05) is 5.32 Å². The Morgan fingerprint density at radius 3 is 2.46 bits per heavy atom. The van der Waals surface area contributed by atoms with Crippen LogP contribution in [0.2, 0.25) is 10.0 Å². The van der Waals surface area contributed by atoms with Crippen molar-refractivity contribution in [2.24, 2.45) is 0 Å². The lowest BCUT2D eigenvalue weighted by Gasteiger charge is -2.14. The normalized spacial score (nSPS) is 10.5. The third-order valence-electron chi connectivity index (χ3n) is 3.97. The first-order valence-electron chi connectivity index (χ1n) is 8.26. The van der Waals surface area contributed by atoms with E-state index in [-0.39, 0.29) is 12.3 Å². The maximum absolute atomic E-state index is 10.7. The average molecular weight is 482 g/mol. The largest absolute Gasteiger partial charge is 0.489 e. The van der Waals surface area contributed by atoms with Gasteiger partial charge in [-0.2, -0.15) is 0 Å². The first-order valence-corrected chi connectivity index (χ1v) is 9.81. The zero-order valence-corrected chi connectivity index (χ0v) is 17.6. The van der Waals surface area contributed by atoms with E-state index < -0.39 is 4.92 Å². The Labute approximate surface area is 180 Å². The molecule has 0 spiro atoms. The predicted molar refractivity (Wildman–Crippen MR) is 115 cm³/mol. The van der Waals surface area contributed by atoms with Crippen molar-refractivity contribution >= 4 is 50.5 Å². The standard InChI is InChI=1S/C20H15BrCl2N2O3/c21-18-7-4-16(10-19(18)23)24-11-14-9-15(22)3-8-20(14)28-12-13-1-5-17(6-2-13)25(26)27/h1-10,24H,11-12H2. The van der Waals surface area contributed by atoms with E-state index in [0.717, 1.165) is 21.3 Å². The van der Waals surface area contributed by atoms with Crippen LogP contribution in [-0.2, 0) is 13.2 Å². The van der Waals surface area contributed by atoms with Crippen LogP contribution in [0.3, 0.4) is 0 Å². The molecule has 144 valence electrons. The number of nitrogens with one attached hydrogen (secondary N) is 1. The van der Waals surface area contributed by atoms with E-state index in [1.54, 1.807) is 24.3 Å². The number of benzene rings is 3. The second-order valence-electron chi connectivity index (χ2n) is 5.95. The number of halogens is 3. The summed E-state index contributed by atoms with van der Waals surface area (Å²) in [5, 5.41) is 15.3. The molecule has 0 radical (unpaired) electrons. The van der Waals surface area contributed by atoms with Crippen LogP contribution in [0.25, 0.3) is 0 Å². The van der Waals surface area contributed by atoms with Gasteiger partial charge in [0.15, 0.2) is 0 Å². The molecule has 0 aliphatic rings. The molecule has 0 aliphatic carbocycles. The first kappa shape index (κ1) is 20.5. The van der Waals surface area contributed by atoms with Crippen LogP contribution in [0.1, 0.15) is 11.1 Å². The Balaban J connectivity index is 1.69. The number of hydrogen-bond acceptors (Lipinski definition) is 4. The summed E-state index contributed by atoms with van der Waals surface area (Å²) < 4.78 is 6.74. The van der Waals surface area contributed by atoms with Gasteiger partial charge in [-0.15, -0.1) is 0 Å². The summed E-state index contributed by atoms with van der Waals surface area (Å²) in [7, 11) is 0. The zero-order valence-electron chi connectivity index (χ0n) is 14.5. The average Bonchev–Trinajstić information content (AvgIpc) is 2.68. The maximum atomic E-state index is 10.7. The lowest BCUT2D eigenvalue weighted by Crippen LogP contribution is -2.04. The van der Waals surface area contributed by atoms with Gasteiger partial charge in [-0.25, -0.2) is 0 Å². The number of anilines is 1. The molecular formula is C20H15BrCl2N2O3. The highest BCUT2D eigenvalue weighted by Gasteiger charge is 2.08. The monoisotopic (exact) mass is 480 g/mol. The van der Waals surface area contributed by atoms with Gasteiger partial charge in [0.1, 0.15) is 12.4 Å². The summed E-state index contributed by atoms with van der Waals surface area (Å²) in [6.07, 6.45) is 0. The number of nitro benzene ring substituents is 1. The number of non-ortho nitro benzene ring substituents is 1. The van der Waals surface area contributed by atoms with Gasteiger partial charge < -0.3 is 10.1 Å². The number of ether oxygens (including phenoxy) is 1. The molecule has 3 rings (SSSR count). The van der Waals surface area contributed by atoms with E-state index in [9.17, 15) is 10.1 Å². The second kappa shape index (κ2) is 9.28. The molecule has 8 heteroatoms. The molecule has 0 bridgehead atoms. The summed E-state index contributed by atoms with van der Waals surface area (Å²) in [4.78, 5) is 10.3. The molecule has 0 fully saturated rings. The maximum Gasteiger partial charge on any atom is 0.269 e. The van der Waals surface area contributed by atoms with E-state index >= 15 is 0 Å². The topological polar surface area (TPSA) is 64.4 Å². The van der Waals surface area contributed by atoms with E-state index in [1.807, 2.05) is 24.3 Å². The highest BCUT2D eigenvalue weighted by molar-refractivity contribution is 9.10. The van der Waals surface area contributed by atoms with Gasteiger partial charge >= 0.3 is 0 Å². The van der Waals surface area contributed by atoms with Crippen molar-refractivity contribution < 1.29 is 9.66 Å². The van der Waals surface area contributed by atoms with Gasteiger partial charge in [-0.05, 0) is 70.0 Å². The highest BCUT2D eigenvalue weighted by Crippen LogP contribution is 2.28. The van der Waals surface area contributed by atoms with Crippen LogP contribution in [-0.4, -0.2) is 4.92 Å². The van der Waals surface area contributed by atoms with Crippen LogP contribution in [0.5, 0.6) is 5.75 Å². The Bertz CT molecular complexity index is 997. The Morgan fingerprint density at radius 2 is 1.79 bits per heavy atom. The molecule has 0 saturated heterocycles. The smallest absolute Gasteiger partial charge is 0.269 e. The summed E-state index contributed by atoms with van der Waals surface area (Å²) in [6, 6.07) is 17.3. The molecule has 1 N–H and O–H groups in total. The molecule has 5 nitrogen and oxygen atoms in total. The van der Waals surface area contributed by atoms with Crippen molar-refractivity contribution in [2.45, 2.75) is 13.2 Å². The van der Waals surface area contributed by atoms with Gasteiger partial charge in [0.25, 0.3) is 5.69 Å². The van der Waals surface area contributed by atoms with Gasteiger partial charge in [0.2, 0.25) is 0 Å². The predicted octanol–water partition coefficient (Wildman–Crippen LogP) is 6.86. The van der Waals surface area contributed by atoms with Crippen LogP contribution in [0.15, 0.2) is 65.1 Å². The van der Waals surface area contributed by atoms with Gasteiger partial charge in [0, 0.05) is 39.4 Å². The van der Waals surface area contributed by atoms with Crippen LogP contribution in [0.4, 0.5) is 11.4 Å². The van der Waals surface area contributed by atoms with Gasteiger partial charge in [0.05, 0.1) is 9.95 Å². The Kier molecular flexibility index (Phi) is 6.78. The molecule has 0 atom stereocenters. The number of nitrogens with zero attached hydrogens (tertiary/aromatic N) is 1. The summed E-state index contributed by atoms with van der Waals surface area (Å²) in [5.74, 6) is 0.679. The Hall–Kier alpha value is -2.28. The molecule has 0 aromatic heterocycles. The minimum atomic E-state index is -0.429. The minimum absolute atomic E-state index is 0.0493. The van der Waals surface area contributed by atoms with E-state index in [4.69, 9.17) is 27.9 Å². The molecular weight excluding hydrogens is 467 g/mol. The molecule has 3 aromatic carbocycles. The number of nitro groups is 1. The second-order valence-corrected chi connectivity index (χ2v) is 7.64. The zero-order chi connectivity index (χ0) is 20.1. The molecule has 0 unspecified atom stereocenters.